The van der Waals surface area contributed by atoms with Crippen molar-refractivity contribution in [2.75, 3.05) is 32.7 Å². The summed E-state index contributed by atoms with van der Waals surface area (Å²) in [5.74, 6) is 0.779. The second kappa shape index (κ2) is 5.91. The van der Waals surface area contributed by atoms with Crippen molar-refractivity contribution in [1.29, 1.82) is 0 Å². The minimum Gasteiger partial charge on any atom is -0.337 e. The second-order valence-electron chi connectivity index (χ2n) is 6.37. The number of rotatable bonds is 3. The van der Waals surface area contributed by atoms with Crippen molar-refractivity contribution in [2.45, 2.75) is 39.5 Å². The van der Waals surface area contributed by atoms with Crippen LogP contribution < -0.4 is 10.6 Å². The number of carbonyl (C=O) groups is 1. The van der Waals surface area contributed by atoms with Crippen LogP contribution in [0.1, 0.15) is 39.5 Å². The number of carbonyl (C=O) groups excluding carboxylic acids is 1. The first-order valence-electron chi connectivity index (χ1n) is 7.33. The van der Waals surface area contributed by atoms with E-state index >= 15 is 0 Å². The molecule has 0 aromatic carbocycles. The summed E-state index contributed by atoms with van der Waals surface area (Å²) < 4.78 is 0. The summed E-state index contributed by atoms with van der Waals surface area (Å²) in [7, 11) is 0. The molecule has 0 radical (unpaired) electrons. The summed E-state index contributed by atoms with van der Waals surface area (Å²) in [5.41, 5.74) is 0.236. The van der Waals surface area contributed by atoms with Crippen LogP contribution in [-0.4, -0.2) is 43.7 Å². The molecule has 2 aliphatic rings. The Morgan fingerprint density at radius 2 is 1.89 bits per heavy atom. The van der Waals surface area contributed by atoms with E-state index in [0.717, 1.165) is 38.6 Å². The third-order valence-electron chi connectivity index (χ3n) is 4.56. The summed E-state index contributed by atoms with van der Waals surface area (Å²) >= 11 is 0. The predicted octanol–water partition coefficient (Wildman–Crippen LogP) is 1.82. The number of nitrogens with one attached hydrogen (secondary N) is 2. The van der Waals surface area contributed by atoms with Crippen molar-refractivity contribution in [3.05, 3.63) is 0 Å². The highest BCUT2D eigenvalue weighted by Gasteiger charge is 2.32. The Hall–Kier alpha value is -0.770. The van der Waals surface area contributed by atoms with Gasteiger partial charge >= 0.3 is 6.03 Å². The first-order valence-corrected chi connectivity index (χ1v) is 7.33. The van der Waals surface area contributed by atoms with Gasteiger partial charge in [-0.05, 0) is 24.2 Å². The van der Waals surface area contributed by atoms with Crippen molar-refractivity contribution in [2.24, 2.45) is 11.3 Å². The van der Waals surface area contributed by atoms with E-state index in [1.165, 1.54) is 25.7 Å². The highest BCUT2D eigenvalue weighted by atomic mass is 16.2. The summed E-state index contributed by atoms with van der Waals surface area (Å²) in [6.07, 6.45) is 5.38. The van der Waals surface area contributed by atoms with E-state index < -0.39 is 0 Å². The maximum atomic E-state index is 12.0. The fourth-order valence-corrected chi connectivity index (χ4v) is 3.13. The fourth-order valence-electron chi connectivity index (χ4n) is 3.13. The van der Waals surface area contributed by atoms with Gasteiger partial charge in [0.2, 0.25) is 0 Å². The highest BCUT2D eigenvalue weighted by Crippen LogP contribution is 2.38. The predicted molar refractivity (Wildman–Crippen MR) is 73.6 cm³/mol. The molecule has 1 aliphatic carbocycles. The number of amides is 2. The number of hydrogen-bond donors (Lipinski definition) is 2. The van der Waals surface area contributed by atoms with Crippen LogP contribution in [0, 0.1) is 11.3 Å². The van der Waals surface area contributed by atoms with Gasteiger partial charge in [-0.2, -0.15) is 0 Å². The van der Waals surface area contributed by atoms with Gasteiger partial charge in [0.25, 0.3) is 0 Å². The maximum Gasteiger partial charge on any atom is 0.317 e. The molecule has 2 amide bonds. The Bertz CT molecular complexity index is 279. The molecule has 1 aliphatic heterocycles. The Labute approximate surface area is 110 Å². The number of urea groups is 1. The standard InChI is InChI=1S/C14H27N3O/c1-14(2,12-5-3-4-6-12)11-16-13(18)17-9-7-15-8-10-17/h12,15H,3-11H2,1-2H3,(H,16,18). The van der Waals surface area contributed by atoms with E-state index in [-0.39, 0.29) is 11.4 Å². The lowest BCUT2D eigenvalue weighted by atomic mass is 9.78. The molecule has 0 bridgehead atoms. The van der Waals surface area contributed by atoms with Crippen molar-refractivity contribution in [3.8, 4) is 0 Å². The molecule has 2 N–H and O–H groups in total. The van der Waals surface area contributed by atoms with Gasteiger partial charge in [0.05, 0.1) is 0 Å². The zero-order valence-corrected chi connectivity index (χ0v) is 11.8. The average molecular weight is 253 g/mol. The molecule has 0 atom stereocenters. The van der Waals surface area contributed by atoms with Crippen LogP contribution in [0.15, 0.2) is 0 Å². The zero-order chi connectivity index (χ0) is 13.0. The lowest BCUT2D eigenvalue weighted by molar-refractivity contribution is 0.170. The van der Waals surface area contributed by atoms with Gasteiger partial charge < -0.3 is 15.5 Å². The molecule has 0 aromatic heterocycles. The molecule has 0 aromatic rings. The van der Waals surface area contributed by atoms with Gasteiger partial charge in [-0.15, -0.1) is 0 Å². The summed E-state index contributed by atoms with van der Waals surface area (Å²) in [6.45, 7) is 8.88. The molecule has 18 heavy (non-hydrogen) atoms. The molecule has 104 valence electrons. The average Bonchev–Trinajstić information content (AvgIpc) is 2.92. The van der Waals surface area contributed by atoms with E-state index in [4.69, 9.17) is 0 Å². The first-order chi connectivity index (χ1) is 8.59. The van der Waals surface area contributed by atoms with Crippen LogP contribution in [0.4, 0.5) is 4.79 Å². The molecule has 0 spiro atoms. The van der Waals surface area contributed by atoms with Crippen LogP contribution in [0.3, 0.4) is 0 Å². The maximum absolute atomic E-state index is 12.0. The van der Waals surface area contributed by atoms with Crippen LogP contribution in [0.25, 0.3) is 0 Å². The third-order valence-corrected chi connectivity index (χ3v) is 4.56. The number of hydrogen-bond acceptors (Lipinski definition) is 2. The van der Waals surface area contributed by atoms with Crippen LogP contribution in [0.2, 0.25) is 0 Å². The van der Waals surface area contributed by atoms with E-state index in [0.29, 0.717) is 0 Å². The summed E-state index contributed by atoms with van der Waals surface area (Å²) in [6, 6.07) is 0.113. The zero-order valence-electron chi connectivity index (χ0n) is 11.8. The minimum atomic E-state index is 0.113. The Morgan fingerprint density at radius 1 is 1.28 bits per heavy atom. The molecule has 1 saturated heterocycles. The van der Waals surface area contributed by atoms with Gasteiger partial charge in [-0.1, -0.05) is 26.7 Å². The topological polar surface area (TPSA) is 44.4 Å². The molecular formula is C14H27N3O. The molecule has 1 saturated carbocycles. The van der Waals surface area contributed by atoms with Crippen LogP contribution in [0.5, 0.6) is 0 Å². The lowest BCUT2D eigenvalue weighted by Gasteiger charge is -2.34. The number of nitrogens with zero attached hydrogens (tertiary/aromatic N) is 1. The molecule has 2 rings (SSSR count). The van der Waals surface area contributed by atoms with E-state index in [9.17, 15) is 4.79 Å². The quantitative estimate of drug-likeness (QED) is 0.806. The monoisotopic (exact) mass is 253 g/mol. The Morgan fingerprint density at radius 3 is 2.50 bits per heavy atom. The van der Waals surface area contributed by atoms with Crippen LogP contribution >= 0.6 is 0 Å². The van der Waals surface area contributed by atoms with Crippen molar-refractivity contribution < 1.29 is 4.79 Å². The lowest BCUT2D eigenvalue weighted by Crippen LogP contribution is -2.51. The van der Waals surface area contributed by atoms with Gasteiger partial charge in [0, 0.05) is 32.7 Å². The Kier molecular flexibility index (Phi) is 4.49. The highest BCUT2D eigenvalue weighted by molar-refractivity contribution is 5.74. The first kappa shape index (κ1) is 13.7. The smallest absolute Gasteiger partial charge is 0.317 e. The van der Waals surface area contributed by atoms with Gasteiger partial charge in [0.15, 0.2) is 0 Å². The van der Waals surface area contributed by atoms with E-state index in [1.54, 1.807) is 0 Å². The van der Waals surface area contributed by atoms with Crippen LogP contribution in [-0.2, 0) is 0 Å². The fraction of sp³-hybridized carbons (Fsp3) is 0.929. The Balaban J connectivity index is 1.77. The normalized spacial score (nSPS) is 22.2. The summed E-state index contributed by atoms with van der Waals surface area (Å²) in [4.78, 5) is 14.0. The largest absolute Gasteiger partial charge is 0.337 e. The van der Waals surface area contributed by atoms with E-state index in [2.05, 4.69) is 24.5 Å². The van der Waals surface area contributed by atoms with Gasteiger partial charge in [-0.25, -0.2) is 4.79 Å². The molecule has 2 fully saturated rings. The summed E-state index contributed by atoms with van der Waals surface area (Å²) in [5, 5.41) is 6.39. The molecule has 0 unspecified atom stereocenters. The molecule has 4 heteroatoms. The van der Waals surface area contributed by atoms with E-state index in [1.807, 2.05) is 4.90 Å². The van der Waals surface area contributed by atoms with Gasteiger partial charge in [-0.3, -0.25) is 0 Å². The molecule has 4 nitrogen and oxygen atoms in total. The minimum absolute atomic E-state index is 0.113. The molecular weight excluding hydrogens is 226 g/mol. The van der Waals surface area contributed by atoms with Gasteiger partial charge in [0.1, 0.15) is 0 Å². The third kappa shape index (κ3) is 3.37. The van der Waals surface area contributed by atoms with Crippen molar-refractivity contribution >= 4 is 6.03 Å². The number of piperazine rings is 1. The second-order valence-corrected chi connectivity index (χ2v) is 6.37. The molecule has 1 heterocycles. The van der Waals surface area contributed by atoms with Crippen molar-refractivity contribution in [3.63, 3.8) is 0 Å². The SMILES string of the molecule is CC(C)(CNC(=O)N1CCNCC1)C1CCCC1. The van der Waals surface area contributed by atoms with Crippen molar-refractivity contribution in [1.82, 2.24) is 15.5 Å².